The highest BCUT2D eigenvalue weighted by atomic mass is 35.5. The molecule has 0 spiro atoms. The second-order valence-electron chi connectivity index (χ2n) is 5.98. The van der Waals surface area contributed by atoms with Gasteiger partial charge in [0.05, 0.1) is 6.61 Å². The van der Waals surface area contributed by atoms with Crippen molar-refractivity contribution in [1.82, 2.24) is 10.6 Å². The minimum Gasteiger partial charge on any atom is -0.484 e. The Morgan fingerprint density at radius 3 is 2.50 bits per heavy atom. The van der Waals surface area contributed by atoms with Gasteiger partial charge in [0.15, 0.2) is 6.61 Å². The van der Waals surface area contributed by atoms with Gasteiger partial charge in [-0.2, -0.15) is 0 Å². The van der Waals surface area contributed by atoms with Crippen molar-refractivity contribution in [2.75, 3.05) is 33.4 Å². The Morgan fingerprint density at radius 2 is 1.87 bits per heavy atom. The number of hydrogen-bond acceptors (Lipinski definition) is 4. The number of allylic oxidation sites excluding steroid dienone is 6. The summed E-state index contributed by atoms with van der Waals surface area (Å²) in [6, 6.07) is 0. The Hall–Kier alpha value is -2.83. The first-order valence-electron chi connectivity index (χ1n) is 9.35. The predicted octanol–water partition coefficient (Wildman–Crippen LogP) is 3.71. The van der Waals surface area contributed by atoms with E-state index in [4.69, 9.17) is 21.1 Å². The van der Waals surface area contributed by atoms with E-state index in [0.717, 1.165) is 5.57 Å². The third-order valence-corrected chi connectivity index (χ3v) is 3.91. The van der Waals surface area contributed by atoms with Crippen LogP contribution in [0.2, 0.25) is 0 Å². The minimum atomic E-state index is -0.321. The lowest BCUT2D eigenvalue weighted by atomic mass is 10.2. The third kappa shape index (κ3) is 14.2. The van der Waals surface area contributed by atoms with Crippen LogP contribution in [0.5, 0.6) is 0 Å². The molecular weight excluding hydrogens is 404 g/mol. The standard InChI is InChI=1S/C23H31ClN2O4/c1-6-20(16-29-5)10-8-9-14-26-23(28)18(3)13-15-25-22(27)17-30-19(4)11-12-21(24)7-2/h6-12H,1,3-4,13-17H2,2,5H3,(H,25,27)(H,26,28)/b9-8+,12-11-,20-10+,21-7-. The molecule has 0 radical (unpaired) electrons. The lowest BCUT2D eigenvalue weighted by molar-refractivity contribution is -0.124. The number of nitrogens with one attached hydrogen (secondary N) is 2. The summed E-state index contributed by atoms with van der Waals surface area (Å²) in [4.78, 5) is 23.7. The summed E-state index contributed by atoms with van der Waals surface area (Å²) in [7, 11) is 1.61. The summed E-state index contributed by atoms with van der Waals surface area (Å²) in [6.07, 6.45) is 12.4. The molecule has 6 nitrogen and oxygen atoms in total. The first-order valence-corrected chi connectivity index (χ1v) is 9.73. The van der Waals surface area contributed by atoms with Gasteiger partial charge in [0.25, 0.3) is 5.91 Å². The first-order chi connectivity index (χ1) is 14.3. The second-order valence-corrected chi connectivity index (χ2v) is 6.42. The molecule has 2 amide bonds. The zero-order valence-corrected chi connectivity index (χ0v) is 18.5. The maximum absolute atomic E-state index is 12.0. The van der Waals surface area contributed by atoms with Crippen molar-refractivity contribution in [2.24, 2.45) is 0 Å². The number of carbonyl (C=O) groups excluding carboxylic acids is 2. The number of amides is 2. The number of rotatable bonds is 15. The quantitative estimate of drug-likeness (QED) is 0.234. The molecule has 0 saturated carbocycles. The molecule has 0 saturated heterocycles. The van der Waals surface area contributed by atoms with Crippen LogP contribution in [-0.2, 0) is 19.1 Å². The van der Waals surface area contributed by atoms with Gasteiger partial charge in [-0.1, -0.05) is 61.7 Å². The van der Waals surface area contributed by atoms with Crippen LogP contribution >= 0.6 is 11.6 Å². The number of methoxy groups -OCH3 is 1. The Morgan fingerprint density at radius 1 is 1.13 bits per heavy atom. The second kappa shape index (κ2) is 17.1. The van der Waals surface area contributed by atoms with E-state index in [1.165, 1.54) is 0 Å². The van der Waals surface area contributed by atoms with Crippen molar-refractivity contribution in [2.45, 2.75) is 13.3 Å². The van der Waals surface area contributed by atoms with Crippen molar-refractivity contribution in [3.8, 4) is 0 Å². The Balaban J connectivity index is 4.08. The summed E-state index contributed by atoms with van der Waals surface area (Å²) in [6.45, 7) is 13.8. The molecule has 0 aliphatic rings. The summed E-state index contributed by atoms with van der Waals surface area (Å²) < 4.78 is 10.2. The lowest BCUT2D eigenvalue weighted by Gasteiger charge is -2.09. The van der Waals surface area contributed by atoms with Gasteiger partial charge in [-0.3, -0.25) is 9.59 Å². The number of carbonyl (C=O) groups is 2. The van der Waals surface area contributed by atoms with Gasteiger partial charge in [0, 0.05) is 30.8 Å². The van der Waals surface area contributed by atoms with Crippen LogP contribution in [0.15, 0.2) is 84.2 Å². The first kappa shape index (κ1) is 27.2. The van der Waals surface area contributed by atoms with Gasteiger partial charge in [-0.05, 0) is 31.1 Å². The molecule has 0 aliphatic carbocycles. The molecule has 0 bridgehead atoms. The predicted molar refractivity (Wildman–Crippen MR) is 123 cm³/mol. The Bertz CT molecular complexity index is 733. The molecular formula is C23H31ClN2O4. The molecule has 0 aromatic heterocycles. The lowest BCUT2D eigenvalue weighted by Crippen LogP contribution is -2.30. The smallest absolute Gasteiger partial charge is 0.257 e. The largest absolute Gasteiger partial charge is 0.484 e. The summed E-state index contributed by atoms with van der Waals surface area (Å²) in [5, 5.41) is 5.93. The van der Waals surface area contributed by atoms with Gasteiger partial charge in [0.2, 0.25) is 5.91 Å². The van der Waals surface area contributed by atoms with Crippen LogP contribution in [0.1, 0.15) is 13.3 Å². The fourth-order valence-corrected chi connectivity index (χ4v) is 1.93. The van der Waals surface area contributed by atoms with Gasteiger partial charge >= 0.3 is 0 Å². The average Bonchev–Trinajstić information content (AvgIpc) is 2.74. The van der Waals surface area contributed by atoms with Crippen molar-refractivity contribution in [3.05, 3.63) is 84.2 Å². The highest BCUT2D eigenvalue weighted by Gasteiger charge is 2.07. The molecule has 0 aliphatic heterocycles. The van der Waals surface area contributed by atoms with Crippen molar-refractivity contribution in [3.63, 3.8) is 0 Å². The molecule has 0 fully saturated rings. The number of ether oxygens (including phenoxy) is 2. The van der Waals surface area contributed by atoms with Crippen molar-refractivity contribution in [1.29, 1.82) is 0 Å². The zero-order valence-electron chi connectivity index (χ0n) is 17.7. The number of halogens is 1. The molecule has 0 unspecified atom stereocenters. The van der Waals surface area contributed by atoms with Gasteiger partial charge < -0.3 is 20.1 Å². The fourth-order valence-electron chi connectivity index (χ4n) is 1.87. The zero-order chi connectivity index (χ0) is 22.8. The summed E-state index contributed by atoms with van der Waals surface area (Å²) in [5.74, 6) is -0.271. The van der Waals surface area contributed by atoms with Gasteiger partial charge in [-0.25, -0.2) is 0 Å². The molecule has 0 aromatic carbocycles. The molecule has 30 heavy (non-hydrogen) atoms. The fraction of sp³-hybridized carbons (Fsp3) is 0.304. The van der Waals surface area contributed by atoms with Crippen LogP contribution in [0, 0.1) is 0 Å². The van der Waals surface area contributed by atoms with E-state index in [-0.39, 0.29) is 25.0 Å². The van der Waals surface area contributed by atoms with Crippen molar-refractivity contribution < 1.29 is 19.1 Å². The summed E-state index contributed by atoms with van der Waals surface area (Å²) >= 11 is 5.82. The average molecular weight is 435 g/mol. The monoisotopic (exact) mass is 434 g/mol. The third-order valence-electron chi connectivity index (χ3n) is 3.56. The summed E-state index contributed by atoms with van der Waals surface area (Å²) in [5.41, 5.74) is 1.31. The molecule has 164 valence electrons. The normalized spacial score (nSPS) is 12.1. The topological polar surface area (TPSA) is 76.7 Å². The molecule has 2 N–H and O–H groups in total. The highest BCUT2D eigenvalue weighted by molar-refractivity contribution is 6.31. The Labute approximate surface area is 184 Å². The van der Waals surface area contributed by atoms with E-state index in [9.17, 15) is 9.59 Å². The van der Waals surface area contributed by atoms with E-state index < -0.39 is 0 Å². The van der Waals surface area contributed by atoms with E-state index in [0.29, 0.717) is 35.9 Å². The maximum atomic E-state index is 12.0. The molecule has 0 aromatic rings. The van der Waals surface area contributed by atoms with Crippen molar-refractivity contribution >= 4 is 23.4 Å². The van der Waals surface area contributed by atoms with E-state index >= 15 is 0 Å². The number of hydrogen-bond donors (Lipinski definition) is 2. The van der Waals surface area contributed by atoms with Crippen LogP contribution in [0.25, 0.3) is 0 Å². The minimum absolute atomic E-state index is 0.177. The molecule has 0 heterocycles. The van der Waals surface area contributed by atoms with E-state index in [1.54, 1.807) is 44.4 Å². The van der Waals surface area contributed by atoms with Gasteiger partial charge in [0.1, 0.15) is 5.76 Å². The molecule has 0 rings (SSSR count). The maximum Gasteiger partial charge on any atom is 0.257 e. The van der Waals surface area contributed by atoms with E-state index in [2.05, 4.69) is 30.4 Å². The van der Waals surface area contributed by atoms with Crippen LogP contribution in [-0.4, -0.2) is 45.2 Å². The van der Waals surface area contributed by atoms with E-state index in [1.807, 2.05) is 12.2 Å². The van der Waals surface area contributed by atoms with Gasteiger partial charge in [-0.15, -0.1) is 0 Å². The van der Waals surface area contributed by atoms with Crippen LogP contribution in [0.3, 0.4) is 0 Å². The molecule has 7 heteroatoms. The van der Waals surface area contributed by atoms with Crippen LogP contribution in [0.4, 0.5) is 0 Å². The Kier molecular flexibility index (Phi) is 15.5. The van der Waals surface area contributed by atoms with Crippen LogP contribution < -0.4 is 10.6 Å². The molecule has 0 atom stereocenters. The SMILES string of the molecule is C=C/C(=C\C=C\CNC(=O)C(=C)CCNC(=O)COC(=C)/C=C\C(Cl)=C\C)COC. The highest BCUT2D eigenvalue weighted by Crippen LogP contribution is 2.05.